The van der Waals surface area contributed by atoms with E-state index in [1.165, 1.54) is 24.9 Å². The van der Waals surface area contributed by atoms with Crippen LogP contribution < -0.4 is 10.1 Å². The first kappa shape index (κ1) is 20.1. The van der Waals surface area contributed by atoms with Gasteiger partial charge >= 0.3 is 0 Å². The third-order valence-electron chi connectivity index (χ3n) is 5.38. The maximum atomic E-state index is 12.6. The van der Waals surface area contributed by atoms with Crippen LogP contribution in [0.25, 0.3) is 0 Å². The zero-order valence-electron chi connectivity index (χ0n) is 15.4. The molecule has 1 saturated heterocycles. The highest BCUT2D eigenvalue weighted by molar-refractivity contribution is 5.85. The van der Waals surface area contributed by atoms with E-state index in [2.05, 4.69) is 18.3 Å². The van der Waals surface area contributed by atoms with Crippen molar-refractivity contribution in [3.63, 3.8) is 0 Å². The van der Waals surface area contributed by atoms with E-state index in [9.17, 15) is 4.79 Å². The number of carbonyl (C=O) groups is 1. The first-order valence-corrected chi connectivity index (χ1v) is 9.31. The molecule has 0 spiro atoms. The number of piperidine rings is 1. The van der Waals surface area contributed by atoms with Crippen LogP contribution in [0.4, 0.5) is 0 Å². The van der Waals surface area contributed by atoms with Crippen molar-refractivity contribution in [2.45, 2.75) is 51.0 Å². The zero-order valence-corrected chi connectivity index (χ0v) is 16.2. The van der Waals surface area contributed by atoms with E-state index < -0.39 is 0 Å². The zero-order chi connectivity index (χ0) is 16.9. The van der Waals surface area contributed by atoms with Crippen molar-refractivity contribution in [3.8, 4) is 5.75 Å². The van der Waals surface area contributed by atoms with Crippen molar-refractivity contribution in [2.75, 3.05) is 26.7 Å². The summed E-state index contributed by atoms with van der Waals surface area (Å²) >= 11 is 0. The summed E-state index contributed by atoms with van der Waals surface area (Å²) in [6.45, 7) is 5.08. The lowest BCUT2D eigenvalue weighted by molar-refractivity contribution is -0.132. The van der Waals surface area contributed by atoms with Crippen molar-refractivity contribution in [3.05, 3.63) is 29.8 Å². The van der Waals surface area contributed by atoms with Crippen LogP contribution in [0.3, 0.4) is 0 Å². The summed E-state index contributed by atoms with van der Waals surface area (Å²) in [5.74, 6) is 2.28. The summed E-state index contributed by atoms with van der Waals surface area (Å²) < 4.78 is 5.28. The van der Waals surface area contributed by atoms with Gasteiger partial charge in [0.2, 0.25) is 5.91 Å². The van der Waals surface area contributed by atoms with Gasteiger partial charge in [0.05, 0.1) is 7.11 Å². The molecular formula is C20H31ClN2O2. The van der Waals surface area contributed by atoms with E-state index in [1.807, 2.05) is 23.1 Å². The number of halogens is 1. The highest BCUT2D eigenvalue weighted by Crippen LogP contribution is 2.28. The van der Waals surface area contributed by atoms with Crippen LogP contribution in [0.2, 0.25) is 0 Å². The van der Waals surface area contributed by atoms with Crippen LogP contribution in [0.1, 0.15) is 50.5 Å². The fourth-order valence-corrected chi connectivity index (χ4v) is 3.45. The molecule has 1 aliphatic carbocycles. The lowest BCUT2D eigenvalue weighted by Gasteiger charge is -2.33. The predicted molar refractivity (Wildman–Crippen MR) is 104 cm³/mol. The number of nitrogens with one attached hydrogen (secondary N) is 1. The molecule has 0 aromatic heterocycles. The molecule has 0 radical (unpaired) electrons. The first-order valence-electron chi connectivity index (χ1n) is 9.31. The van der Waals surface area contributed by atoms with Gasteiger partial charge in [-0.25, -0.2) is 0 Å². The SMILES string of the molecule is COc1cccc(C(C)CC(=O)N2CCC(NCC3CC3)CC2)c1.Cl. The molecule has 1 atom stereocenters. The molecule has 25 heavy (non-hydrogen) atoms. The average Bonchev–Trinajstić information content (AvgIpc) is 3.44. The predicted octanol–water partition coefficient (Wildman–Crippen LogP) is 3.60. The van der Waals surface area contributed by atoms with Crippen LogP contribution in [-0.4, -0.2) is 43.6 Å². The number of rotatable bonds is 7. The molecule has 5 heteroatoms. The molecule has 1 aliphatic heterocycles. The van der Waals surface area contributed by atoms with E-state index in [1.54, 1.807) is 7.11 Å². The molecule has 2 fully saturated rings. The van der Waals surface area contributed by atoms with Gasteiger partial charge in [0.15, 0.2) is 0 Å². The summed E-state index contributed by atoms with van der Waals surface area (Å²) in [6.07, 6.45) is 5.55. The number of methoxy groups -OCH3 is 1. The van der Waals surface area contributed by atoms with Gasteiger partial charge in [0.25, 0.3) is 0 Å². The third-order valence-corrected chi connectivity index (χ3v) is 5.38. The van der Waals surface area contributed by atoms with Gasteiger partial charge in [0, 0.05) is 25.6 Å². The van der Waals surface area contributed by atoms with E-state index in [4.69, 9.17) is 4.74 Å². The fraction of sp³-hybridized carbons (Fsp3) is 0.650. The average molecular weight is 367 g/mol. The van der Waals surface area contributed by atoms with Gasteiger partial charge < -0.3 is 15.0 Å². The second kappa shape index (κ2) is 9.44. The molecule has 1 aromatic rings. The molecule has 3 rings (SSSR count). The molecule has 2 aliphatic rings. The summed E-state index contributed by atoms with van der Waals surface area (Å²) in [4.78, 5) is 14.6. The Bertz CT molecular complexity index is 554. The van der Waals surface area contributed by atoms with Crippen LogP contribution in [0, 0.1) is 5.92 Å². The van der Waals surface area contributed by atoms with Gasteiger partial charge in [-0.1, -0.05) is 19.1 Å². The number of amides is 1. The maximum Gasteiger partial charge on any atom is 0.223 e. The number of carbonyl (C=O) groups excluding carboxylic acids is 1. The molecule has 1 saturated carbocycles. The minimum absolute atomic E-state index is 0. The minimum Gasteiger partial charge on any atom is -0.497 e. The molecule has 140 valence electrons. The largest absolute Gasteiger partial charge is 0.497 e. The second-order valence-electron chi connectivity index (χ2n) is 7.39. The highest BCUT2D eigenvalue weighted by atomic mass is 35.5. The highest BCUT2D eigenvalue weighted by Gasteiger charge is 2.26. The lowest BCUT2D eigenvalue weighted by atomic mass is 9.96. The topological polar surface area (TPSA) is 41.6 Å². The number of ether oxygens (including phenoxy) is 1. The maximum absolute atomic E-state index is 12.6. The summed E-state index contributed by atoms with van der Waals surface area (Å²) in [6, 6.07) is 8.65. The first-order chi connectivity index (χ1) is 11.7. The normalized spacial score (nSPS) is 19.2. The van der Waals surface area contributed by atoms with Crippen molar-refractivity contribution >= 4 is 18.3 Å². The van der Waals surface area contributed by atoms with Gasteiger partial charge in [0.1, 0.15) is 5.75 Å². The summed E-state index contributed by atoms with van der Waals surface area (Å²) in [5.41, 5.74) is 1.17. The van der Waals surface area contributed by atoms with Crippen LogP contribution in [-0.2, 0) is 4.79 Å². The summed E-state index contributed by atoms with van der Waals surface area (Å²) in [5, 5.41) is 3.67. The van der Waals surface area contributed by atoms with Crippen molar-refractivity contribution < 1.29 is 9.53 Å². The third kappa shape index (κ3) is 5.89. The van der Waals surface area contributed by atoms with E-state index in [-0.39, 0.29) is 24.2 Å². The van der Waals surface area contributed by atoms with E-state index in [0.717, 1.165) is 37.6 Å². The quantitative estimate of drug-likeness (QED) is 0.801. The van der Waals surface area contributed by atoms with E-state index in [0.29, 0.717) is 12.5 Å². The van der Waals surface area contributed by atoms with Gasteiger partial charge in [-0.15, -0.1) is 12.4 Å². The Kier molecular flexibility index (Phi) is 7.57. The molecule has 1 unspecified atom stereocenters. The van der Waals surface area contributed by atoms with Crippen molar-refractivity contribution in [1.29, 1.82) is 0 Å². The molecule has 4 nitrogen and oxygen atoms in total. The number of hydrogen-bond donors (Lipinski definition) is 1. The molecular weight excluding hydrogens is 336 g/mol. The number of benzene rings is 1. The van der Waals surface area contributed by atoms with Crippen molar-refractivity contribution in [2.24, 2.45) is 5.92 Å². The Balaban J connectivity index is 0.00000225. The molecule has 0 bridgehead atoms. The van der Waals surface area contributed by atoms with Crippen LogP contribution in [0.5, 0.6) is 5.75 Å². The number of hydrogen-bond acceptors (Lipinski definition) is 3. The lowest BCUT2D eigenvalue weighted by Crippen LogP contribution is -2.45. The Morgan fingerprint density at radius 2 is 2.00 bits per heavy atom. The molecule has 1 heterocycles. The number of nitrogens with zero attached hydrogens (tertiary/aromatic N) is 1. The smallest absolute Gasteiger partial charge is 0.223 e. The Morgan fingerprint density at radius 1 is 1.28 bits per heavy atom. The Hall–Kier alpha value is -1.26. The molecule has 1 amide bonds. The monoisotopic (exact) mass is 366 g/mol. The summed E-state index contributed by atoms with van der Waals surface area (Å²) in [7, 11) is 1.68. The Morgan fingerprint density at radius 3 is 2.64 bits per heavy atom. The van der Waals surface area contributed by atoms with Gasteiger partial charge in [-0.2, -0.15) is 0 Å². The Labute approximate surface area is 157 Å². The molecule has 1 N–H and O–H groups in total. The second-order valence-corrected chi connectivity index (χ2v) is 7.39. The van der Waals surface area contributed by atoms with Crippen molar-refractivity contribution in [1.82, 2.24) is 10.2 Å². The van der Waals surface area contributed by atoms with Gasteiger partial charge in [-0.05, 0) is 61.8 Å². The number of likely N-dealkylation sites (tertiary alicyclic amines) is 1. The molecule has 1 aromatic carbocycles. The fourth-order valence-electron chi connectivity index (χ4n) is 3.45. The van der Waals surface area contributed by atoms with Crippen LogP contribution >= 0.6 is 12.4 Å². The van der Waals surface area contributed by atoms with Crippen LogP contribution in [0.15, 0.2) is 24.3 Å². The minimum atomic E-state index is 0. The van der Waals surface area contributed by atoms with E-state index >= 15 is 0 Å². The standard InChI is InChI=1S/C20H30N2O2.ClH/c1-15(17-4-3-5-19(13-17)24-2)12-20(23)22-10-8-18(9-11-22)21-14-16-6-7-16;/h3-5,13,15-16,18,21H,6-12,14H2,1-2H3;1H. The van der Waals surface area contributed by atoms with Gasteiger partial charge in [-0.3, -0.25) is 4.79 Å².